The summed E-state index contributed by atoms with van der Waals surface area (Å²) in [6.45, 7) is 2.04. The van der Waals surface area contributed by atoms with Crippen molar-refractivity contribution in [3.63, 3.8) is 0 Å². The minimum atomic E-state index is -0.223. The fourth-order valence-corrected chi connectivity index (χ4v) is 2.80. The molecular weight excluding hydrogens is 264 g/mol. The number of aliphatic hydroxyl groups is 1. The number of amides is 1. The van der Waals surface area contributed by atoms with Gasteiger partial charge < -0.3 is 10.0 Å². The summed E-state index contributed by atoms with van der Waals surface area (Å²) in [5.41, 5.74) is 1.14. The van der Waals surface area contributed by atoms with Crippen molar-refractivity contribution in [2.75, 3.05) is 13.7 Å². The van der Waals surface area contributed by atoms with Crippen molar-refractivity contribution < 1.29 is 9.90 Å². The van der Waals surface area contributed by atoms with Crippen LogP contribution in [0.25, 0.3) is 0 Å². The first-order valence-corrected chi connectivity index (χ1v) is 7.44. The lowest BCUT2D eigenvalue weighted by atomic mass is 9.86. The maximum absolute atomic E-state index is 12.7. The Hall–Kier alpha value is -1.86. The minimum Gasteiger partial charge on any atom is -0.384 e. The molecule has 1 aromatic heterocycles. The quantitative estimate of drug-likeness (QED) is 0.847. The smallest absolute Gasteiger partial charge is 0.255 e. The number of nitrogens with zero attached hydrogens (tertiary/aromatic N) is 2. The lowest BCUT2D eigenvalue weighted by Crippen LogP contribution is -2.39. The molecule has 4 nitrogen and oxygen atoms in total. The molecule has 112 valence electrons. The van der Waals surface area contributed by atoms with E-state index >= 15 is 0 Å². The minimum absolute atomic E-state index is 0.0146. The van der Waals surface area contributed by atoms with Gasteiger partial charge in [0.25, 0.3) is 5.91 Å². The SMILES string of the molecule is CC1CCC(N(C)C(=O)c2ccncc2C#CCO)CC1. The summed E-state index contributed by atoms with van der Waals surface area (Å²) in [5.74, 6) is 6.12. The van der Waals surface area contributed by atoms with Crippen LogP contribution in [-0.2, 0) is 0 Å². The van der Waals surface area contributed by atoms with Crippen LogP contribution in [0.5, 0.6) is 0 Å². The molecule has 1 aliphatic rings. The average molecular weight is 286 g/mol. The second-order valence-corrected chi connectivity index (χ2v) is 5.71. The van der Waals surface area contributed by atoms with E-state index in [0.717, 1.165) is 18.8 Å². The van der Waals surface area contributed by atoms with Crippen molar-refractivity contribution in [3.8, 4) is 11.8 Å². The topological polar surface area (TPSA) is 53.4 Å². The van der Waals surface area contributed by atoms with E-state index < -0.39 is 0 Å². The van der Waals surface area contributed by atoms with Gasteiger partial charge in [0.1, 0.15) is 6.61 Å². The normalized spacial score (nSPS) is 21.3. The van der Waals surface area contributed by atoms with Crippen molar-refractivity contribution in [1.82, 2.24) is 9.88 Å². The molecule has 0 bridgehead atoms. The van der Waals surface area contributed by atoms with Gasteiger partial charge in [0, 0.05) is 25.5 Å². The van der Waals surface area contributed by atoms with E-state index in [1.165, 1.54) is 12.8 Å². The summed E-state index contributed by atoms with van der Waals surface area (Å²) in [4.78, 5) is 18.5. The Balaban J connectivity index is 2.16. The van der Waals surface area contributed by atoms with Crippen LogP contribution in [0.1, 0.15) is 48.5 Å². The molecule has 2 rings (SSSR count). The number of hydrogen-bond donors (Lipinski definition) is 1. The maximum Gasteiger partial charge on any atom is 0.255 e. The van der Waals surface area contributed by atoms with E-state index in [1.54, 1.807) is 18.5 Å². The molecule has 1 N–H and O–H groups in total. The highest BCUT2D eigenvalue weighted by Crippen LogP contribution is 2.27. The van der Waals surface area contributed by atoms with Crippen LogP contribution in [-0.4, -0.2) is 40.6 Å². The number of aliphatic hydroxyl groups excluding tert-OH is 1. The van der Waals surface area contributed by atoms with E-state index in [2.05, 4.69) is 23.7 Å². The van der Waals surface area contributed by atoms with Gasteiger partial charge in [0.15, 0.2) is 0 Å². The maximum atomic E-state index is 12.7. The highest BCUT2D eigenvalue weighted by molar-refractivity contribution is 5.96. The van der Waals surface area contributed by atoms with Crippen LogP contribution >= 0.6 is 0 Å². The lowest BCUT2D eigenvalue weighted by Gasteiger charge is -2.33. The molecule has 0 radical (unpaired) electrons. The predicted octanol–water partition coefficient (Wildman–Crippen LogP) is 2.08. The molecule has 0 unspecified atom stereocenters. The van der Waals surface area contributed by atoms with Gasteiger partial charge in [-0.05, 0) is 37.7 Å². The number of hydrogen-bond acceptors (Lipinski definition) is 3. The third kappa shape index (κ3) is 3.83. The monoisotopic (exact) mass is 286 g/mol. The van der Waals surface area contributed by atoms with E-state index in [1.807, 2.05) is 11.9 Å². The first kappa shape index (κ1) is 15.5. The lowest BCUT2D eigenvalue weighted by molar-refractivity contribution is 0.0679. The largest absolute Gasteiger partial charge is 0.384 e. The molecule has 0 aliphatic heterocycles. The van der Waals surface area contributed by atoms with Crippen molar-refractivity contribution in [2.45, 2.75) is 38.6 Å². The number of carbonyl (C=O) groups is 1. The Bertz CT molecular complexity index is 551. The van der Waals surface area contributed by atoms with Crippen LogP contribution < -0.4 is 0 Å². The van der Waals surface area contributed by atoms with Crippen LogP contribution in [0.15, 0.2) is 18.5 Å². The second-order valence-electron chi connectivity index (χ2n) is 5.71. The summed E-state index contributed by atoms with van der Waals surface area (Å²) in [7, 11) is 1.87. The summed E-state index contributed by atoms with van der Waals surface area (Å²) in [5, 5.41) is 8.81. The molecule has 1 amide bonds. The molecule has 1 fully saturated rings. The molecule has 1 saturated carbocycles. The van der Waals surface area contributed by atoms with Gasteiger partial charge >= 0.3 is 0 Å². The van der Waals surface area contributed by atoms with E-state index in [-0.39, 0.29) is 12.5 Å². The standard InChI is InChI=1S/C17H22N2O2/c1-13-5-7-15(8-6-13)19(2)17(21)16-9-10-18-12-14(16)4-3-11-20/h9-10,12-13,15,20H,5-8,11H2,1-2H3. The third-order valence-electron chi connectivity index (χ3n) is 4.21. The van der Waals surface area contributed by atoms with Gasteiger partial charge in [-0.3, -0.25) is 9.78 Å². The summed E-state index contributed by atoms with van der Waals surface area (Å²) in [6, 6.07) is 2.01. The van der Waals surface area contributed by atoms with Gasteiger partial charge in [-0.2, -0.15) is 0 Å². The van der Waals surface area contributed by atoms with E-state index in [0.29, 0.717) is 17.2 Å². The van der Waals surface area contributed by atoms with Crippen LogP contribution in [0, 0.1) is 17.8 Å². The average Bonchev–Trinajstić information content (AvgIpc) is 2.52. The Labute approximate surface area is 126 Å². The Morgan fingerprint density at radius 1 is 1.43 bits per heavy atom. The van der Waals surface area contributed by atoms with Crippen LogP contribution in [0.3, 0.4) is 0 Å². The number of pyridine rings is 1. The molecular formula is C17H22N2O2. The molecule has 0 saturated heterocycles. The van der Waals surface area contributed by atoms with Gasteiger partial charge in [0.05, 0.1) is 11.1 Å². The Kier molecular flexibility index (Phi) is 5.35. The number of carbonyl (C=O) groups excluding carboxylic acids is 1. The zero-order chi connectivity index (χ0) is 15.2. The molecule has 0 atom stereocenters. The van der Waals surface area contributed by atoms with E-state index in [4.69, 9.17) is 5.11 Å². The molecule has 0 aromatic carbocycles. The molecule has 4 heteroatoms. The first-order chi connectivity index (χ1) is 10.1. The summed E-state index contributed by atoms with van der Waals surface area (Å²) < 4.78 is 0. The van der Waals surface area contributed by atoms with Crippen molar-refractivity contribution in [3.05, 3.63) is 29.6 Å². The molecule has 0 spiro atoms. The first-order valence-electron chi connectivity index (χ1n) is 7.44. The van der Waals surface area contributed by atoms with Gasteiger partial charge in [0.2, 0.25) is 0 Å². The van der Waals surface area contributed by atoms with E-state index in [9.17, 15) is 4.79 Å². The molecule has 1 aliphatic carbocycles. The number of aromatic nitrogens is 1. The molecule has 21 heavy (non-hydrogen) atoms. The summed E-state index contributed by atoms with van der Waals surface area (Å²) in [6.07, 6.45) is 7.66. The van der Waals surface area contributed by atoms with Crippen molar-refractivity contribution in [2.24, 2.45) is 5.92 Å². The second kappa shape index (κ2) is 7.24. The highest BCUT2D eigenvalue weighted by Gasteiger charge is 2.26. The zero-order valence-corrected chi connectivity index (χ0v) is 12.7. The number of rotatable bonds is 2. The fraction of sp³-hybridized carbons (Fsp3) is 0.529. The third-order valence-corrected chi connectivity index (χ3v) is 4.21. The Morgan fingerprint density at radius 3 is 2.81 bits per heavy atom. The zero-order valence-electron chi connectivity index (χ0n) is 12.7. The predicted molar refractivity (Wildman–Crippen MR) is 81.7 cm³/mol. The van der Waals surface area contributed by atoms with Crippen molar-refractivity contribution >= 4 is 5.91 Å². The van der Waals surface area contributed by atoms with Gasteiger partial charge in [-0.25, -0.2) is 0 Å². The Morgan fingerprint density at radius 2 is 2.14 bits per heavy atom. The van der Waals surface area contributed by atoms with Crippen LogP contribution in [0.2, 0.25) is 0 Å². The fourth-order valence-electron chi connectivity index (χ4n) is 2.80. The molecule has 1 heterocycles. The van der Waals surface area contributed by atoms with Gasteiger partial charge in [-0.1, -0.05) is 18.8 Å². The highest BCUT2D eigenvalue weighted by atomic mass is 16.2. The molecule has 1 aromatic rings. The van der Waals surface area contributed by atoms with Gasteiger partial charge in [-0.15, -0.1) is 0 Å². The van der Waals surface area contributed by atoms with Crippen molar-refractivity contribution in [1.29, 1.82) is 0 Å². The van der Waals surface area contributed by atoms with Crippen LogP contribution in [0.4, 0.5) is 0 Å². The summed E-state index contributed by atoms with van der Waals surface area (Å²) >= 11 is 0.